The first-order chi connectivity index (χ1) is 8.25. The monoisotopic (exact) mass is 229 g/mol. The average Bonchev–Trinajstić information content (AvgIpc) is 2.33. The minimum Gasteiger partial charge on any atom is -0.508 e. The Morgan fingerprint density at radius 2 is 1.88 bits per heavy atom. The van der Waals surface area contributed by atoms with Crippen LogP contribution in [0.25, 0.3) is 0 Å². The zero-order chi connectivity index (χ0) is 12.1. The SMILES string of the molecule is O=C(Cc1ccccc1O)Nc1ncccn1. The standard InChI is InChI=1S/C12H11N3O2/c16-10-5-2-1-4-9(10)8-11(17)15-12-13-6-3-7-14-12/h1-7,16H,8H2,(H,13,14,15,17). The van der Waals surface area contributed by atoms with E-state index in [9.17, 15) is 9.90 Å². The average molecular weight is 229 g/mol. The third kappa shape index (κ3) is 3.01. The number of hydrogen-bond acceptors (Lipinski definition) is 4. The third-order valence-electron chi connectivity index (χ3n) is 2.16. The molecule has 0 fully saturated rings. The smallest absolute Gasteiger partial charge is 0.231 e. The molecule has 1 heterocycles. The first-order valence-electron chi connectivity index (χ1n) is 5.09. The summed E-state index contributed by atoms with van der Waals surface area (Å²) in [6, 6.07) is 8.37. The van der Waals surface area contributed by atoms with E-state index in [0.29, 0.717) is 5.56 Å². The Bertz CT molecular complexity index is 514. The van der Waals surface area contributed by atoms with Crippen LogP contribution in [-0.4, -0.2) is 21.0 Å². The number of para-hydroxylation sites is 1. The van der Waals surface area contributed by atoms with Gasteiger partial charge in [-0.05, 0) is 12.1 Å². The van der Waals surface area contributed by atoms with Crippen LogP contribution in [-0.2, 0) is 11.2 Å². The summed E-state index contributed by atoms with van der Waals surface area (Å²) in [7, 11) is 0. The van der Waals surface area contributed by atoms with Crippen LogP contribution < -0.4 is 5.32 Å². The van der Waals surface area contributed by atoms with Crippen LogP contribution >= 0.6 is 0 Å². The molecule has 2 rings (SSSR count). The molecule has 0 aliphatic carbocycles. The quantitative estimate of drug-likeness (QED) is 0.833. The van der Waals surface area contributed by atoms with E-state index in [1.54, 1.807) is 42.7 Å². The Kier molecular flexibility index (Phi) is 3.30. The summed E-state index contributed by atoms with van der Waals surface area (Å²) in [5, 5.41) is 12.1. The van der Waals surface area contributed by atoms with Crippen LogP contribution in [0, 0.1) is 0 Å². The van der Waals surface area contributed by atoms with Crippen LogP contribution in [0.2, 0.25) is 0 Å². The zero-order valence-corrected chi connectivity index (χ0v) is 9.00. The number of aromatic nitrogens is 2. The van der Waals surface area contributed by atoms with Crippen LogP contribution in [0.4, 0.5) is 5.95 Å². The van der Waals surface area contributed by atoms with Crippen molar-refractivity contribution in [2.24, 2.45) is 0 Å². The maximum Gasteiger partial charge on any atom is 0.231 e. The van der Waals surface area contributed by atoms with Crippen molar-refractivity contribution in [3.05, 3.63) is 48.3 Å². The third-order valence-corrected chi connectivity index (χ3v) is 2.16. The summed E-state index contributed by atoms with van der Waals surface area (Å²) in [5.74, 6) is 0.0993. The van der Waals surface area contributed by atoms with E-state index in [-0.39, 0.29) is 24.0 Å². The number of phenolic OH excluding ortho intramolecular Hbond substituents is 1. The normalized spacial score (nSPS) is 9.88. The zero-order valence-electron chi connectivity index (χ0n) is 9.00. The molecule has 0 unspecified atom stereocenters. The fourth-order valence-corrected chi connectivity index (χ4v) is 1.37. The van der Waals surface area contributed by atoms with Gasteiger partial charge in [-0.15, -0.1) is 0 Å². The number of nitrogens with zero attached hydrogens (tertiary/aromatic N) is 2. The van der Waals surface area contributed by atoms with Crippen molar-refractivity contribution in [3.63, 3.8) is 0 Å². The minimum atomic E-state index is -0.266. The van der Waals surface area contributed by atoms with E-state index in [4.69, 9.17) is 0 Å². The number of benzene rings is 1. The molecule has 0 radical (unpaired) electrons. The van der Waals surface area contributed by atoms with Crippen LogP contribution in [0.3, 0.4) is 0 Å². The maximum absolute atomic E-state index is 11.6. The number of aromatic hydroxyl groups is 1. The van der Waals surface area contributed by atoms with Gasteiger partial charge in [0.1, 0.15) is 5.75 Å². The summed E-state index contributed by atoms with van der Waals surface area (Å²) in [6.45, 7) is 0. The number of phenols is 1. The first kappa shape index (κ1) is 11.1. The molecule has 2 N–H and O–H groups in total. The van der Waals surface area contributed by atoms with Gasteiger partial charge in [0, 0.05) is 18.0 Å². The van der Waals surface area contributed by atoms with Crippen molar-refractivity contribution in [2.45, 2.75) is 6.42 Å². The second kappa shape index (κ2) is 5.07. The van der Waals surface area contributed by atoms with Gasteiger partial charge in [-0.2, -0.15) is 0 Å². The van der Waals surface area contributed by atoms with Crippen molar-refractivity contribution in [1.29, 1.82) is 0 Å². The lowest BCUT2D eigenvalue weighted by atomic mass is 10.1. The van der Waals surface area contributed by atoms with E-state index in [1.807, 2.05) is 0 Å². The summed E-state index contributed by atoms with van der Waals surface area (Å²) >= 11 is 0. The van der Waals surface area contributed by atoms with Gasteiger partial charge in [-0.3, -0.25) is 10.1 Å². The number of carbonyl (C=O) groups excluding carboxylic acids is 1. The molecular formula is C12H11N3O2. The molecule has 0 aliphatic heterocycles. The van der Waals surface area contributed by atoms with Gasteiger partial charge in [0.15, 0.2) is 0 Å². The fraction of sp³-hybridized carbons (Fsp3) is 0.0833. The molecule has 2 aromatic rings. The number of nitrogens with one attached hydrogen (secondary N) is 1. The van der Waals surface area contributed by atoms with Crippen molar-refractivity contribution < 1.29 is 9.90 Å². The van der Waals surface area contributed by atoms with E-state index in [1.165, 1.54) is 0 Å². The second-order valence-corrected chi connectivity index (χ2v) is 3.43. The molecule has 0 atom stereocenters. The largest absolute Gasteiger partial charge is 0.508 e. The highest BCUT2D eigenvalue weighted by Gasteiger charge is 2.08. The topological polar surface area (TPSA) is 75.1 Å². The molecule has 1 amide bonds. The lowest BCUT2D eigenvalue weighted by Gasteiger charge is -2.04. The van der Waals surface area contributed by atoms with E-state index < -0.39 is 0 Å². The van der Waals surface area contributed by atoms with Gasteiger partial charge >= 0.3 is 0 Å². The summed E-state index contributed by atoms with van der Waals surface area (Å²) in [5.41, 5.74) is 0.570. The maximum atomic E-state index is 11.6. The van der Waals surface area contributed by atoms with Crippen molar-refractivity contribution >= 4 is 11.9 Å². The van der Waals surface area contributed by atoms with Crippen LogP contribution in [0.1, 0.15) is 5.56 Å². The Morgan fingerprint density at radius 1 is 1.18 bits per heavy atom. The molecule has 1 aromatic carbocycles. The van der Waals surface area contributed by atoms with Crippen LogP contribution in [0.5, 0.6) is 5.75 Å². The Hall–Kier alpha value is -2.43. The highest BCUT2D eigenvalue weighted by molar-refractivity contribution is 5.90. The molecule has 5 heteroatoms. The van der Waals surface area contributed by atoms with Gasteiger partial charge < -0.3 is 5.11 Å². The molecular weight excluding hydrogens is 218 g/mol. The molecule has 0 saturated heterocycles. The van der Waals surface area contributed by atoms with E-state index in [0.717, 1.165) is 0 Å². The number of anilines is 1. The van der Waals surface area contributed by atoms with E-state index in [2.05, 4.69) is 15.3 Å². The predicted molar refractivity (Wildman–Crippen MR) is 62.5 cm³/mol. The molecule has 1 aromatic heterocycles. The highest BCUT2D eigenvalue weighted by Crippen LogP contribution is 2.16. The van der Waals surface area contributed by atoms with Crippen LogP contribution in [0.15, 0.2) is 42.7 Å². The number of amides is 1. The number of hydrogen-bond donors (Lipinski definition) is 2. The summed E-state index contributed by atoms with van der Waals surface area (Å²) < 4.78 is 0. The summed E-state index contributed by atoms with van der Waals surface area (Å²) in [6.07, 6.45) is 3.18. The Morgan fingerprint density at radius 3 is 2.59 bits per heavy atom. The van der Waals surface area contributed by atoms with Crippen molar-refractivity contribution in [1.82, 2.24) is 9.97 Å². The lowest BCUT2D eigenvalue weighted by Crippen LogP contribution is -2.16. The number of rotatable bonds is 3. The summed E-state index contributed by atoms with van der Waals surface area (Å²) in [4.78, 5) is 19.4. The molecule has 86 valence electrons. The molecule has 17 heavy (non-hydrogen) atoms. The van der Waals surface area contributed by atoms with Crippen molar-refractivity contribution in [2.75, 3.05) is 5.32 Å². The van der Waals surface area contributed by atoms with Gasteiger partial charge in [0.2, 0.25) is 11.9 Å². The van der Waals surface area contributed by atoms with Gasteiger partial charge in [-0.25, -0.2) is 9.97 Å². The Labute approximate surface area is 98.2 Å². The Balaban J connectivity index is 2.01. The molecule has 5 nitrogen and oxygen atoms in total. The molecule has 0 spiro atoms. The second-order valence-electron chi connectivity index (χ2n) is 3.43. The van der Waals surface area contributed by atoms with E-state index >= 15 is 0 Å². The van der Waals surface area contributed by atoms with Gasteiger partial charge in [0.05, 0.1) is 6.42 Å². The minimum absolute atomic E-state index is 0.0882. The molecule has 0 saturated carbocycles. The van der Waals surface area contributed by atoms with Gasteiger partial charge in [0.25, 0.3) is 0 Å². The first-order valence-corrected chi connectivity index (χ1v) is 5.09. The van der Waals surface area contributed by atoms with Crippen molar-refractivity contribution in [3.8, 4) is 5.75 Å². The molecule has 0 aliphatic rings. The number of carbonyl (C=O) groups is 1. The molecule has 0 bridgehead atoms. The lowest BCUT2D eigenvalue weighted by molar-refractivity contribution is -0.115. The van der Waals surface area contributed by atoms with Gasteiger partial charge in [-0.1, -0.05) is 18.2 Å². The highest BCUT2D eigenvalue weighted by atomic mass is 16.3. The fourth-order valence-electron chi connectivity index (χ4n) is 1.37. The predicted octanol–water partition coefficient (Wildman–Crippen LogP) is 1.36.